The molecule has 0 heterocycles. The molecular formula is C17H16ClNO4. The average molecular weight is 334 g/mol. The molecule has 0 saturated heterocycles. The summed E-state index contributed by atoms with van der Waals surface area (Å²) in [6.45, 7) is 1.55. The van der Waals surface area contributed by atoms with Crippen LogP contribution in [0.1, 0.15) is 28.4 Å². The summed E-state index contributed by atoms with van der Waals surface area (Å²) in [7, 11) is 0. The molecule has 0 aliphatic rings. The van der Waals surface area contributed by atoms with E-state index in [1.54, 1.807) is 30.3 Å². The second-order valence-electron chi connectivity index (χ2n) is 4.75. The highest BCUT2D eigenvalue weighted by Crippen LogP contribution is 2.23. The predicted molar refractivity (Wildman–Crippen MR) is 86.6 cm³/mol. The number of carbonyl (C=O) groups excluding carboxylic acids is 2. The molecule has 0 saturated carbocycles. The first-order chi connectivity index (χ1) is 11.0. The number of hydrogen-bond donors (Lipinski definition) is 1. The van der Waals surface area contributed by atoms with Gasteiger partial charge >= 0.3 is 11.9 Å². The number of esters is 2. The number of alkyl halides is 1. The van der Waals surface area contributed by atoms with Gasteiger partial charge in [0.25, 0.3) is 0 Å². The SMILES string of the molecule is CC(=O)Oc1ccccc1C(=O)Oc1ccc(CCl)c(CN)c1. The van der Waals surface area contributed by atoms with Crippen LogP contribution in [0, 0.1) is 0 Å². The fraction of sp³-hybridized carbons (Fsp3) is 0.176. The first kappa shape index (κ1) is 17.0. The van der Waals surface area contributed by atoms with Crippen LogP contribution in [-0.4, -0.2) is 11.9 Å². The van der Waals surface area contributed by atoms with Crippen molar-refractivity contribution in [3.63, 3.8) is 0 Å². The van der Waals surface area contributed by atoms with Gasteiger partial charge < -0.3 is 15.2 Å². The summed E-state index contributed by atoms with van der Waals surface area (Å²) in [5.41, 5.74) is 7.51. The van der Waals surface area contributed by atoms with Gasteiger partial charge in [-0.05, 0) is 35.4 Å². The molecule has 5 nitrogen and oxygen atoms in total. The Morgan fingerprint density at radius 1 is 1.09 bits per heavy atom. The lowest BCUT2D eigenvalue weighted by atomic mass is 10.1. The van der Waals surface area contributed by atoms with Crippen molar-refractivity contribution in [2.45, 2.75) is 19.3 Å². The maximum absolute atomic E-state index is 12.3. The first-order valence-corrected chi connectivity index (χ1v) is 7.46. The second kappa shape index (κ2) is 7.76. The van der Waals surface area contributed by atoms with Crippen LogP contribution >= 0.6 is 11.6 Å². The molecule has 2 rings (SSSR count). The van der Waals surface area contributed by atoms with Crippen molar-refractivity contribution >= 4 is 23.5 Å². The second-order valence-corrected chi connectivity index (χ2v) is 5.01. The molecule has 0 unspecified atom stereocenters. The topological polar surface area (TPSA) is 78.6 Å². The minimum absolute atomic E-state index is 0.154. The zero-order valence-corrected chi connectivity index (χ0v) is 13.3. The molecule has 0 spiro atoms. The Morgan fingerprint density at radius 3 is 2.48 bits per heavy atom. The molecule has 6 heteroatoms. The van der Waals surface area contributed by atoms with Crippen molar-refractivity contribution in [1.29, 1.82) is 0 Å². The third-order valence-corrected chi connectivity index (χ3v) is 3.40. The number of ether oxygens (including phenoxy) is 2. The molecule has 2 aromatic carbocycles. The highest BCUT2D eigenvalue weighted by molar-refractivity contribution is 6.17. The number of benzene rings is 2. The minimum atomic E-state index is -0.622. The van der Waals surface area contributed by atoms with Crippen LogP contribution in [0.2, 0.25) is 0 Å². The number of nitrogens with two attached hydrogens (primary N) is 1. The highest BCUT2D eigenvalue weighted by atomic mass is 35.5. The van der Waals surface area contributed by atoms with Crippen molar-refractivity contribution in [2.75, 3.05) is 0 Å². The number of para-hydroxylation sites is 1. The highest BCUT2D eigenvalue weighted by Gasteiger charge is 2.16. The third kappa shape index (κ3) is 4.31. The molecule has 0 aromatic heterocycles. The van der Waals surface area contributed by atoms with Crippen molar-refractivity contribution in [1.82, 2.24) is 0 Å². The summed E-state index contributed by atoms with van der Waals surface area (Å²) >= 11 is 5.82. The van der Waals surface area contributed by atoms with Gasteiger partial charge in [0.05, 0.1) is 0 Å². The Balaban J connectivity index is 2.24. The van der Waals surface area contributed by atoms with Gasteiger partial charge in [-0.2, -0.15) is 0 Å². The van der Waals surface area contributed by atoms with E-state index in [1.807, 2.05) is 0 Å². The Kier molecular flexibility index (Phi) is 5.73. The van der Waals surface area contributed by atoms with Gasteiger partial charge in [0.2, 0.25) is 0 Å². The molecule has 0 aliphatic heterocycles. The Morgan fingerprint density at radius 2 is 1.83 bits per heavy atom. The van der Waals surface area contributed by atoms with Crippen molar-refractivity contribution < 1.29 is 19.1 Å². The Bertz CT molecular complexity index is 730. The number of rotatable bonds is 5. The fourth-order valence-electron chi connectivity index (χ4n) is 2.03. The number of carbonyl (C=O) groups is 2. The first-order valence-electron chi connectivity index (χ1n) is 6.92. The smallest absolute Gasteiger partial charge is 0.347 e. The lowest BCUT2D eigenvalue weighted by Gasteiger charge is -2.11. The largest absolute Gasteiger partial charge is 0.426 e. The average Bonchev–Trinajstić information content (AvgIpc) is 2.54. The number of hydrogen-bond acceptors (Lipinski definition) is 5. The Labute approximate surface area is 139 Å². The molecule has 120 valence electrons. The maximum Gasteiger partial charge on any atom is 0.347 e. The quantitative estimate of drug-likeness (QED) is 0.517. The third-order valence-electron chi connectivity index (χ3n) is 3.11. The lowest BCUT2D eigenvalue weighted by molar-refractivity contribution is -0.131. The molecule has 2 N–H and O–H groups in total. The standard InChI is InChI=1S/C17H16ClNO4/c1-11(20)22-16-5-3-2-4-15(16)17(21)23-14-7-6-12(9-18)13(8-14)10-19/h2-8H,9-10,19H2,1H3. The zero-order chi connectivity index (χ0) is 16.8. The van der Waals surface area contributed by atoms with E-state index in [0.717, 1.165) is 11.1 Å². The van der Waals surface area contributed by atoms with Gasteiger partial charge in [0.15, 0.2) is 0 Å². The van der Waals surface area contributed by atoms with E-state index in [9.17, 15) is 9.59 Å². The van der Waals surface area contributed by atoms with Gasteiger partial charge in [-0.15, -0.1) is 11.6 Å². The van der Waals surface area contributed by atoms with Gasteiger partial charge in [-0.25, -0.2) is 4.79 Å². The van der Waals surface area contributed by atoms with Crippen LogP contribution < -0.4 is 15.2 Å². The number of halogens is 1. The van der Waals surface area contributed by atoms with Gasteiger partial charge in [0, 0.05) is 19.3 Å². The molecule has 0 radical (unpaired) electrons. The van der Waals surface area contributed by atoms with Crippen LogP contribution in [0.25, 0.3) is 0 Å². The van der Waals surface area contributed by atoms with E-state index in [0.29, 0.717) is 11.6 Å². The Hall–Kier alpha value is -2.37. The molecular weight excluding hydrogens is 318 g/mol. The van der Waals surface area contributed by atoms with Gasteiger partial charge in [0.1, 0.15) is 17.1 Å². The van der Waals surface area contributed by atoms with E-state index in [1.165, 1.54) is 19.1 Å². The lowest BCUT2D eigenvalue weighted by Crippen LogP contribution is -2.13. The van der Waals surface area contributed by atoms with E-state index >= 15 is 0 Å². The van der Waals surface area contributed by atoms with Gasteiger partial charge in [-0.1, -0.05) is 18.2 Å². The van der Waals surface area contributed by atoms with E-state index in [2.05, 4.69) is 0 Å². The minimum Gasteiger partial charge on any atom is -0.426 e. The molecule has 0 aliphatic carbocycles. The van der Waals surface area contributed by atoms with Crippen LogP contribution in [0.15, 0.2) is 42.5 Å². The van der Waals surface area contributed by atoms with Crippen molar-refractivity contribution in [2.24, 2.45) is 5.73 Å². The monoisotopic (exact) mass is 333 g/mol. The molecule has 0 atom stereocenters. The zero-order valence-electron chi connectivity index (χ0n) is 12.5. The van der Waals surface area contributed by atoms with Crippen molar-refractivity contribution in [3.05, 3.63) is 59.2 Å². The van der Waals surface area contributed by atoms with E-state index in [-0.39, 0.29) is 17.9 Å². The summed E-state index contributed by atoms with van der Waals surface area (Å²) in [4.78, 5) is 23.4. The summed E-state index contributed by atoms with van der Waals surface area (Å²) in [5, 5.41) is 0. The molecule has 23 heavy (non-hydrogen) atoms. The molecule has 2 aromatic rings. The molecule has 0 bridgehead atoms. The summed E-state index contributed by atoms with van der Waals surface area (Å²) in [6.07, 6.45) is 0. The normalized spacial score (nSPS) is 10.2. The van der Waals surface area contributed by atoms with Gasteiger partial charge in [-0.3, -0.25) is 4.79 Å². The molecule has 0 fully saturated rings. The molecule has 0 amide bonds. The van der Waals surface area contributed by atoms with Crippen LogP contribution in [0.3, 0.4) is 0 Å². The summed E-state index contributed by atoms with van der Waals surface area (Å²) < 4.78 is 10.3. The fourth-order valence-corrected chi connectivity index (χ4v) is 2.29. The van der Waals surface area contributed by atoms with Crippen LogP contribution in [0.5, 0.6) is 11.5 Å². The van der Waals surface area contributed by atoms with Crippen LogP contribution in [0.4, 0.5) is 0 Å². The van der Waals surface area contributed by atoms with Crippen molar-refractivity contribution in [3.8, 4) is 11.5 Å². The maximum atomic E-state index is 12.3. The van der Waals surface area contributed by atoms with E-state index in [4.69, 9.17) is 26.8 Å². The predicted octanol–water partition coefficient (Wildman–Crippen LogP) is 3.03. The summed E-state index contributed by atoms with van der Waals surface area (Å²) in [6, 6.07) is 11.4. The summed E-state index contributed by atoms with van der Waals surface area (Å²) in [5.74, 6) is -0.301. The van der Waals surface area contributed by atoms with E-state index < -0.39 is 11.9 Å². The van der Waals surface area contributed by atoms with Crippen LogP contribution in [-0.2, 0) is 17.2 Å².